The van der Waals surface area contributed by atoms with Gasteiger partial charge in [0.1, 0.15) is 5.75 Å². The minimum absolute atomic E-state index is 0.163. The molecule has 0 aliphatic heterocycles. The van der Waals surface area contributed by atoms with Crippen molar-refractivity contribution in [1.82, 2.24) is 24.3 Å². The standard InChI is InChI=1S/C19H19N5O2/c1-4-23-10-14(8-21-23)24-11-17-18(19(24)25)12(2)5-16(22-17)13-6-15(26-3)9-20-7-13/h5-11,25H,4H2,1-3H3. The first-order valence-corrected chi connectivity index (χ1v) is 8.34. The van der Waals surface area contributed by atoms with Gasteiger partial charge in [-0.2, -0.15) is 5.10 Å². The lowest BCUT2D eigenvalue weighted by Crippen LogP contribution is -1.93. The molecule has 132 valence electrons. The fourth-order valence-corrected chi connectivity index (χ4v) is 3.05. The number of aromatic nitrogens is 5. The molecule has 0 aromatic carbocycles. The van der Waals surface area contributed by atoms with E-state index in [0.717, 1.165) is 34.4 Å². The Hall–Kier alpha value is -3.35. The Morgan fingerprint density at radius 2 is 2.00 bits per heavy atom. The SMILES string of the molecule is CCn1cc(-n2cc3nc(-c4cncc(OC)c4)cc(C)c3c2O)cn1. The van der Waals surface area contributed by atoms with Gasteiger partial charge in [-0.25, -0.2) is 4.98 Å². The smallest absolute Gasteiger partial charge is 0.205 e. The lowest BCUT2D eigenvalue weighted by atomic mass is 10.1. The number of methoxy groups -OCH3 is 1. The highest BCUT2D eigenvalue weighted by molar-refractivity contribution is 5.90. The summed E-state index contributed by atoms with van der Waals surface area (Å²) in [4.78, 5) is 8.91. The minimum Gasteiger partial charge on any atom is -0.495 e. The van der Waals surface area contributed by atoms with Crippen LogP contribution >= 0.6 is 0 Å². The topological polar surface area (TPSA) is 78.0 Å². The van der Waals surface area contributed by atoms with Crippen LogP contribution in [0.15, 0.2) is 43.1 Å². The van der Waals surface area contributed by atoms with E-state index in [9.17, 15) is 5.11 Å². The first-order chi connectivity index (χ1) is 12.6. The molecule has 0 unspecified atom stereocenters. The van der Waals surface area contributed by atoms with E-state index in [1.807, 2.05) is 43.1 Å². The zero-order valence-electron chi connectivity index (χ0n) is 14.8. The Morgan fingerprint density at radius 1 is 1.15 bits per heavy atom. The molecule has 0 saturated heterocycles. The van der Waals surface area contributed by atoms with Gasteiger partial charge < -0.3 is 9.84 Å². The fraction of sp³-hybridized carbons (Fsp3) is 0.211. The molecule has 0 aliphatic carbocycles. The molecular weight excluding hydrogens is 330 g/mol. The van der Waals surface area contributed by atoms with Crippen LogP contribution in [0.5, 0.6) is 11.6 Å². The molecule has 0 saturated carbocycles. The van der Waals surface area contributed by atoms with Crippen LogP contribution < -0.4 is 4.74 Å². The summed E-state index contributed by atoms with van der Waals surface area (Å²) in [6.45, 7) is 4.75. The molecule has 26 heavy (non-hydrogen) atoms. The zero-order chi connectivity index (χ0) is 18.3. The maximum atomic E-state index is 10.7. The first-order valence-electron chi connectivity index (χ1n) is 8.34. The van der Waals surface area contributed by atoms with Crippen molar-refractivity contribution in [3.05, 3.63) is 48.7 Å². The molecule has 4 rings (SSSR count). The zero-order valence-corrected chi connectivity index (χ0v) is 14.8. The van der Waals surface area contributed by atoms with Crippen molar-refractivity contribution in [1.29, 1.82) is 0 Å². The van der Waals surface area contributed by atoms with Crippen LogP contribution in [0.2, 0.25) is 0 Å². The Labute approximate surface area is 150 Å². The highest BCUT2D eigenvalue weighted by Crippen LogP contribution is 2.34. The van der Waals surface area contributed by atoms with Gasteiger partial charge in [0.15, 0.2) is 0 Å². The number of nitrogens with zero attached hydrogens (tertiary/aromatic N) is 5. The van der Waals surface area contributed by atoms with E-state index in [1.54, 1.807) is 30.3 Å². The molecule has 0 aliphatic rings. The van der Waals surface area contributed by atoms with Crippen LogP contribution in [0.25, 0.3) is 27.8 Å². The molecule has 4 heterocycles. The third-order valence-corrected chi connectivity index (χ3v) is 4.41. The van der Waals surface area contributed by atoms with Crippen molar-refractivity contribution >= 4 is 10.9 Å². The third kappa shape index (κ3) is 2.57. The summed E-state index contributed by atoms with van der Waals surface area (Å²) in [5, 5.41) is 15.7. The van der Waals surface area contributed by atoms with E-state index < -0.39 is 0 Å². The molecule has 0 atom stereocenters. The maximum Gasteiger partial charge on any atom is 0.205 e. The molecule has 0 radical (unpaired) electrons. The van der Waals surface area contributed by atoms with Crippen LogP contribution in [-0.4, -0.2) is 36.5 Å². The van der Waals surface area contributed by atoms with Crippen LogP contribution in [0, 0.1) is 6.92 Å². The summed E-state index contributed by atoms with van der Waals surface area (Å²) in [5.41, 5.74) is 4.09. The van der Waals surface area contributed by atoms with Crippen molar-refractivity contribution in [2.45, 2.75) is 20.4 Å². The van der Waals surface area contributed by atoms with Gasteiger partial charge in [0, 0.05) is 30.7 Å². The van der Waals surface area contributed by atoms with Gasteiger partial charge in [0.25, 0.3) is 0 Å². The van der Waals surface area contributed by atoms with E-state index in [-0.39, 0.29) is 5.88 Å². The van der Waals surface area contributed by atoms with Gasteiger partial charge in [-0.1, -0.05) is 0 Å². The Morgan fingerprint density at radius 3 is 2.73 bits per heavy atom. The van der Waals surface area contributed by atoms with E-state index in [2.05, 4.69) is 10.1 Å². The monoisotopic (exact) mass is 349 g/mol. The molecule has 0 amide bonds. The predicted molar refractivity (Wildman–Crippen MR) is 98.7 cm³/mol. The lowest BCUT2D eigenvalue weighted by molar-refractivity contribution is 0.413. The van der Waals surface area contributed by atoms with Gasteiger partial charge in [-0.15, -0.1) is 0 Å². The molecule has 4 aromatic heterocycles. The van der Waals surface area contributed by atoms with Crippen molar-refractivity contribution in [3.63, 3.8) is 0 Å². The second-order valence-electron chi connectivity index (χ2n) is 6.08. The maximum absolute atomic E-state index is 10.7. The molecular formula is C19H19N5O2. The predicted octanol–water partition coefficient (Wildman–Crippen LogP) is 3.33. The van der Waals surface area contributed by atoms with Crippen LogP contribution in [0.1, 0.15) is 12.5 Å². The second-order valence-corrected chi connectivity index (χ2v) is 6.08. The molecule has 7 heteroatoms. The van der Waals surface area contributed by atoms with Crippen molar-refractivity contribution < 1.29 is 9.84 Å². The number of aryl methyl sites for hydroxylation is 2. The Kier molecular flexibility index (Phi) is 3.84. The van der Waals surface area contributed by atoms with Gasteiger partial charge in [0.2, 0.25) is 5.88 Å². The number of pyridine rings is 2. The lowest BCUT2D eigenvalue weighted by Gasteiger charge is -2.05. The molecule has 0 bridgehead atoms. The normalized spacial score (nSPS) is 11.2. The summed E-state index contributed by atoms with van der Waals surface area (Å²) in [6.07, 6.45) is 8.85. The average Bonchev–Trinajstić information content (AvgIpc) is 3.26. The number of fused-ring (bicyclic) bond motifs is 1. The van der Waals surface area contributed by atoms with Crippen molar-refractivity contribution in [2.75, 3.05) is 7.11 Å². The summed E-state index contributed by atoms with van der Waals surface area (Å²) < 4.78 is 8.76. The summed E-state index contributed by atoms with van der Waals surface area (Å²) in [5.74, 6) is 0.838. The van der Waals surface area contributed by atoms with Crippen LogP contribution in [0.3, 0.4) is 0 Å². The highest BCUT2D eigenvalue weighted by Gasteiger charge is 2.16. The summed E-state index contributed by atoms with van der Waals surface area (Å²) >= 11 is 0. The average molecular weight is 349 g/mol. The Balaban J connectivity index is 1.87. The van der Waals surface area contributed by atoms with Crippen LogP contribution in [-0.2, 0) is 6.54 Å². The van der Waals surface area contributed by atoms with Gasteiger partial charge in [0.05, 0.1) is 41.8 Å². The largest absolute Gasteiger partial charge is 0.495 e. The highest BCUT2D eigenvalue weighted by atomic mass is 16.5. The van der Waals surface area contributed by atoms with Crippen molar-refractivity contribution in [3.8, 4) is 28.6 Å². The fourth-order valence-electron chi connectivity index (χ4n) is 3.05. The number of aromatic hydroxyl groups is 1. The van der Waals surface area contributed by atoms with E-state index in [4.69, 9.17) is 9.72 Å². The van der Waals surface area contributed by atoms with E-state index in [0.29, 0.717) is 11.3 Å². The number of ether oxygens (including phenoxy) is 1. The molecule has 4 aromatic rings. The van der Waals surface area contributed by atoms with Gasteiger partial charge >= 0.3 is 0 Å². The second kappa shape index (κ2) is 6.18. The number of hydrogen-bond acceptors (Lipinski definition) is 5. The van der Waals surface area contributed by atoms with E-state index >= 15 is 0 Å². The molecule has 0 spiro atoms. The number of hydrogen-bond donors (Lipinski definition) is 1. The summed E-state index contributed by atoms with van der Waals surface area (Å²) in [7, 11) is 1.61. The quantitative estimate of drug-likeness (QED) is 0.611. The molecule has 0 fully saturated rings. The van der Waals surface area contributed by atoms with Gasteiger partial charge in [-0.05, 0) is 31.5 Å². The minimum atomic E-state index is 0.163. The third-order valence-electron chi connectivity index (χ3n) is 4.41. The van der Waals surface area contributed by atoms with Crippen LogP contribution in [0.4, 0.5) is 0 Å². The number of rotatable bonds is 4. The first kappa shape index (κ1) is 16.1. The van der Waals surface area contributed by atoms with E-state index in [1.165, 1.54) is 0 Å². The summed E-state index contributed by atoms with van der Waals surface area (Å²) in [6, 6.07) is 3.83. The van der Waals surface area contributed by atoms with Crippen molar-refractivity contribution in [2.24, 2.45) is 0 Å². The van der Waals surface area contributed by atoms with Gasteiger partial charge in [-0.3, -0.25) is 14.2 Å². The Bertz CT molecular complexity index is 1100. The molecule has 1 N–H and O–H groups in total. The molecule has 7 nitrogen and oxygen atoms in total.